The highest BCUT2D eigenvalue weighted by molar-refractivity contribution is 9.10. The van der Waals surface area contributed by atoms with Crippen molar-refractivity contribution in [1.82, 2.24) is 9.78 Å². The number of alkyl halides is 2. The minimum absolute atomic E-state index is 0.488. The highest BCUT2D eigenvalue weighted by Crippen LogP contribution is 2.24. The summed E-state index contributed by atoms with van der Waals surface area (Å²) >= 11 is 3.27. The van der Waals surface area contributed by atoms with Gasteiger partial charge in [-0.3, -0.25) is 0 Å². The lowest BCUT2D eigenvalue weighted by Crippen LogP contribution is -2.01. The van der Waals surface area contributed by atoms with Crippen molar-refractivity contribution in [1.29, 1.82) is 0 Å². The fourth-order valence-electron chi connectivity index (χ4n) is 1.40. The van der Waals surface area contributed by atoms with Crippen molar-refractivity contribution in [3.8, 4) is 0 Å². The van der Waals surface area contributed by atoms with Gasteiger partial charge in [-0.2, -0.15) is 13.9 Å². The molecule has 5 heteroatoms. The lowest BCUT2D eigenvalue weighted by atomic mass is 10.2. The van der Waals surface area contributed by atoms with Crippen LogP contribution in [0.1, 0.15) is 12.2 Å². The Hall–Kier alpha value is -0.970. The molecule has 0 atom stereocenters. The summed E-state index contributed by atoms with van der Waals surface area (Å²) in [6.07, 6.45) is 0. The number of rotatable bonds is 1. The Kier molecular flexibility index (Phi) is 2.26. The zero-order valence-electron chi connectivity index (χ0n) is 7.34. The first-order chi connectivity index (χ1) is 6.59. The number of hydrogen-bond acceptors (Lipinski definition) is 1. The van der Waals surface area contributed by atoms with Gasteiger partial charge in [0.2, 0.25) is 0 Å². The summed E-state index contributed by atoms with van der Waals surface area (Å²) in [5.41, 5.74) is 1.07. The first kappa shape index (κ1) is 9.58. The molecule has 0 saturated carbocycles. The van der Waals surface area contributed by atoms with Crippen molar-refractivity contribution < 1.29 is 8.78 Å². The van der Waals surface area contributed by atoms with Gasteiger partial charge >= 0.3 is 6.55 Å². The van der Waals surface area contributed by atoms with Crippen LogP contribution in [0.5, 0.6) is 0 Å². The summed E-state index contributed by atoms with van der Waals surface area (Å²) in [6, 6.07) is 5.31. The SMILES string of the molecule is Cc1c2ccc(Br)cc2nn1C(F)F. The van der Waals surface area contributed by atoms with Crippen LogP contribution in [0.2, 0.25) is 0 Å². The van der Waals surface area contributed by atoms with Gasteiger partial charge in [-0.05, 0) is 25.1 Å². The summed E-state index contributed by atoms with van der Waals surface area (Å²) in [5, 5.41) is 4.57. The van der Waals surface area contributed by atoms with Crippen molar-refractivity contribution in [2.24, 2.45) is 0 Å². The Morgan fingerprint density at radius 2 is 2.14 bits per heavy atom. The molecule has 0 spiro atoms. The fraction of sp³-hybridized carbons (Fsp3) is 0.222. The van der Waals surface area contributed by atoms with E-state index in [1.807, 2.05) is 6.07 Å². The van der Waals surface area contributed by atoms with Gasteiger partial charge in [0.25, 0.3) is 0 Å². The summed E-state index contributed by atoms with van der Waals surface area (Å²) < 4.78 is 26.5. The molecule has 2 aromatic rings. The van der Waals surface area contributed by atoms with Crippen molar-refractivity contribution in [2.45, 2.75) is 13.5 Å². The highest BCUT2D eigenvalue weighted by Gasteiger charge is 2.13. The first-order valence-corrected chi connectivity index (χ1v) is 4.81. The van der Waals surface area contributed by atoms with Gasteiger partial charge in [-0.25, -0.2) is 4.68 Å². The van der Waals surface area contributed by atoms with Crippen LogP contribution in [-0.4, -0.2) is 9.78 Å². The molecular formula is C9H7BrF2N2. The largest absolute Gasteiger partial charge is 0.333 e. The molecule has 0 bridgehead atoms. The molecular weight excluding hydrogens is 254 g/mol. The Bertz CT molecular complexity index is 479. The Morgan fingerprint density at radius 1 is 1.43 bits per heavy atom. The van der Waals surface area contributed by atoms with Crippen molar-refractivity contribution in [3.05, 3.63) is 28.4 Å². The second kappa shape index (κ2) is 3.31. The predicted molar refractivity (Wildman–Crippen MR) is 53.4 cm³/mol. The summed E-state index contributed by atoms with van der Waals surface area (Å²) in [6.45, 7) is -0.948. The van der Waals surface area contributed by atoms with Crippen molar-refractivity contribution in [2.75, 3.05) is 0 Å². The molecule has 0 radical (unpaired) electrons. The molecule has 14 heavy (non-hydrogen) atoms. The van der Waals surface area contributed by atoms with Crippen LogP contribution in [-0.2, 0) is 0 Å². The van der Waals surface area contributed by atoms with E-state index in [2.05, 4.69) is 21.0 Å². The molecule has 2 rings (SSSR count). The number of nitrogens with zero attached hydrogens (tertiary/aromatic N) is 2. The van der Waals surface area contributed by atoms with Crippen LogP contribution in [0.25, 0.3) is 10.9 Å². The minimum atomic E-state index is -2.58. The van der Waals surface area contributed by atoms with Crippen molar-refractivity contribution in [3.63, 3.8) is 0 Å². The summed E-state index contributed by atoms with van der Waals surface area (Å²) in [4.78, 5) is 0. The number of aromatic nitrogens is 2. The maximum absolute atomic E-state index is 12.5. The lowest BCUT2D eigenvalue weighted by molar-refractivity contribution is 0.0552. The normalized spacial score (nSPS) is 11.5. The third-order valence-electron chi connectivity index (χ3n) is 2.09. The molecule has 1 aromatic carbocycles. The Labute approximate surface area is 87.6 Å². The molecule has 2 nitrogen and oxygen atoms in total. The van der Waals surface area contributed by atoms with E-state index in [1.165, 1.54) is 0 Å². The van der Waals surface area contributed by atoms with Crippen LogP contribution >= 0.6 is 15.9 Å². The molecule has 0 fully saturated rings. The number of aryl methyl sites for hydroxylation is 1. The molecule has 74 valence electrons. The van der Waals surface area contributed by atoms with E-state index in [4.69, 9.17) is 0 Å². The first-order valence-electron chi connectivity index (χ1n) is 4.02. The highest BCUT2D eigenvalue weighted by atomic mass is 79.9. The molecule has 0 N–H and O–H groups in total. The quantitative estimate of drug-likeness (QED) is 0.768. The van der Waals surface area contributed by atoms with Gasteiger partial charge in [-0.1, -0.05) is 15.9 Å². The second-order valence-electron chi connectivity index (χ2n) is 2.97. The predicted octanol–water partition coefficient (Wildman–Crippen LogP) is 3.50. The molecule has 0 amide bonds. The van der Waals surface area contributed by atoms with E-state index in [0.717, 1.165) is 14.5 Å². The number of benzene rings is 1. The van der Waals surface area contributed by atoms with Crippen LogP contribution in [0.15, 0.2) is 22.7 Å². The fourth-order valence-corrected chi connectivity index (χ4v) is 1.75. The third kappa shape index (κ3) is 1.41. The third-order valence-corrected chi connectivity index (χ3v) is 2.59. The lowest BCUT2D eigenvalue weighted by Gasteiger charge is -1.99. The molecule has 0 unspecified atom stereocenters. The van der Waals surface area contributed by atoms with Gasteiger partial charge < -0.3 is 0 Å². The molecule has 0 saturated heterocycles. The molecule has 0 aliphatic rings. The molecule has 1 aromatic heterocycles. The smallest absolute Gasteiger partial charge is 0.208 e. The topological polar surface area (TPSA) is 17.8 Å². The summed E-state index contributed by atoms with van der Waals surface area (Å²) in [7, 11) is 0. The number of fused-ring (bicyclic) bond motifs is 1. The second-order valence-corrected chi connectivity index (χ2v) is 3.88. The van der Waals surface area contributed by atoms with E-state index in [9.17, 15) is 8.78 Å². The number of hydrogen-bond donors (Lipinski definition) is 0. The van der Waals surface area contributed by atoms with Crippen LogP contribution in [0.4, 0.5) is 8.78 Å². The van der Waals surface area contributed by atoms with Gasteiger partial charge in [0.15, 0.2) is 0 Å². The van der Waals surface area contributed by atoms with Gasteiger partial charge in [0, 0.05) is 15.6 Å². The molecule has 0 aliphatic carbocycles. The average molecular weight is 261 g/mol. The van der Waals surface area contributed by atoms with Gasteiger partial charge in [0.1, 0.15) is 0 Å². The van der Waals surface area contributed by atoms with E-state index in [1.54, 1.807) is 19.1 Å². The maximum atomic E-state index is 12.5. The standard InChI is InChI=1S/C9H7BrF2N2/c1-5-7-3-2-6(10)4-8(7)13-14(5)9(11)12/h2-4,9H,1H3. The summed E-state index contributed by atoms with van der Waals surface area (Å²) in [5.74, 6) is 0. The van der Waals surface area contributed by atoms with E-state index in [-0.39, 0.29) is 0 Å². The molecule has 1 heterocycles. The van der Waals surface area contributed by atoms with Crippen LogP contribution in [0.3, 0.4) is 0 Å². The van der Waals surface area contributed by atoms with Crippen molar-refractivity contribution >= 4 is 26.8 Å². The molecule has 0 aliphatic heterocycles. The van der Waals surface area contributed by atoms with Crippen LogP contribution < -0.4 is 0 Å². The van der Waals surface area contributed by atoms with E-state index >= 15 is 0 Å². The van der Waals surface area contributed by atoms with Gasteiger partial charge in [0.05, 0.1) is 5.52 Å². The Morgan fingerprint density at radius 3 is 2.79 bits per heavy atom. The van der Waals surface area contributed by atoms with Gasteiger partial charge in [-0.15, -0.1) is 0 Å². The maximum Gasteiger partial charge on any atom is 0.333 e. The van der Waals surface area contributed by atoms with E-state index < -0.39 is 6.55 Å². The van der Waals surface area contributed by atoms with Crippen LogP contribution in [0, 0.1) is 6.92 Å². The number of halogens is 3. The van der Waals surface area contributed by atoms with E-state index in [0.29, 0.717) is 11.2 Å². The zero-order chi connectivity index (χ0) is 10.3. The Balaban J connectivity index is 2.73. The zero-order valence-corrected chi connectivity index (χ0v) is 8.92. The monoisotopic (exact) mass is 260 g/mol. The average Bonchev–Trinajstić information content (AvgIpc) is 2.43. The minimum Gasteiger partial charge on any atom is -0.208 e.